The van der Waals surface area contributed by atoms with Crippen molar-refractivity contribution in [3.8, 4) is 11.5 Å². The van der Waals surface area contributed by atoms with E-state index in [1.54, 1.807) is 24.5 Å². The number of nitrogens with zero attached hydrogens (tertiary/aromatic N) is 5. The highest BCUT2D eigenvalue weighted by Gasteiger charge is 2.22. The van der Waals surface area contributed by atoms with E-state index >= 15 is 0 Å². The Hall–Kier alpha value is -3.06. The number of benzene rings is 1. The molecule has 0 amide bonds. The van der Waals surface area contributed by atoms with Gasteiger partial charge in [0.25, 0.3) is 0 Å². The Morgan fingerprint density at radius 1 is 1.21 bits per heavy atom. The van der Waals surface area contributed by atoms with Gasteiger partial charge in [-0.3, -0.25) is 9.88 Å². The Morgan fingerprint density at radius 3 is 2.79 bits per heavy atom. The second kappa shape index (κ2) is 8.53. The van der Waals surface area contributed by atoms with Gasteiger partial charge in [-0.2, -0.15) is 0 Å². The molecule has 1 saturated heterocycles. The largest absolute Gasteiger partial charge is 0.478 e. The third-order valence-corrected chi connectivity index (χ3v) is 5.50. The number of piperidine rings is 1. The molecule has 1 aliphatic rings. The molecule has 3 aromatic rings. The van der Waals surface area contributed by atoms with E-state index in [-0.39, 0.29) is 0 Å². The van der Waals surface area contributed by atoms with E-state index in [1.165, 1.54) is 0 Å². The Kier molecular flexibility index (Phi) is 5.67. The molecule has 0 aliphatic carbocycles. The molecule has 29 heavy (non-hydrogen) atoms. The molecular formula is C22H25N5O2. The second-order valence-electron chi connectivity index (χ2n) is 7.66. The number of aromatic nitrogens is 4. The molecule has 0 bridgehead atoms. The van der Waals surface area contributed by atoms with Crippen molar-refractivity contribution in [2.24, 2.45) is 13.0 Å². The van der Waals surface area contributed by atoms with Crippen LogP contribution in [0.15, 0.2) is 49.1 Å². The SMILES string of the molecule is Cn1ccnc1-c1cnc(C[C@@H]2CCCN(Cc3ccccc3C(=O)O)C2)cn1. The van der Waals surface area contributed by atoms with Crippen LogP contribution in [-0.2, 0) is 20.0 Å². The van der Waals surface area contributed by atoms with Crippen LogP contribution in [-0.4, -0.2) is 48.6 Å². The van der Waals surface area contributed by atoms with E-state index < -0.39 is 5.97 Å². The quantitative estimate of drug-likeness (QED) is 0.695. The van der Waals surface area contributed by atoms with Crippen molar-refractivity contribution in [2.75, 3.05) is 13.1 Å². The van der Waals surface area contributed by atoms with E-state index in [4.69, 9.17) is 0 Å². The van der Waals surface area contributed by atoms with Crippen LogP contribution in [0.2, 0.25) is 0 Å². The predicted octanol–water partition coefficient (Wildman–Crippen LogP) is 3.03. The van der Waals surface area contributed by atoms with Crippen molar-refractivity contribution < 1.29 is 9.90 Å². The lowest BCUT2D eigenvalue weighted by atomic mass is 9.93. The lowest BCUT2D eigenvalue weighted by Crippen LogP contribution is -2.36. The summed E-state index contributed by atoms with van der Waals surface area (Å²) in [5.74, 6) is 0.441. The minimum Gasteiger partial charge on any atom is -0.478 e. The zero-order valence-electron chi connectivity index (χ0n) is 16.5. The van der Waals surface area contributed by atoms with Crippen LogP contribution in [0.5, 0.6) is 0 Å². The number of likely N-dealkylation sites (tertiary alicyclic amines) is 1. The molecule has 7 nitrogen and oxygen atoms in total. The molecule has 1 fully saturated rings. The van der Waals surface area contributed by atoms with Crippen LogP contribution in [0.25, 0.3) is 11.5 Å². The molecule has 3 heterocycles. The van der Waals surface area contributed by atoms with Gasteiger partial charge in [0.15, 0.2) is 5.82 Å². The number of aromatic carboxylic acids is 1. The van der Waals surface area contributed by atoms with Gasteiger partial charge in [-0.1, -0.05) is 18.2 Å². The minimum atomic E-state index is -0.864. The van der Waals surface area contributed by atoms with Crippen LogP contribution < -0.4 is 0 Å². The van der Waals surface area contributed by atoms with Crippen molar-refractivity contribution in [3.63, 3.8) is 0 Å². The average molecular weight is 391 g/mol. The highest BCUT2D eigenvalue weighted by molar-refractivity contribution is 5.89. The summed E-state index contributed by atoms with van der Waals surface area (Å²) in [6, 6.07) is 7.27. The number of hydrogen-bond donors (Lipinski definition) is 1. The van der Waals surface area contributed by atoms with E-state index in [0.717, 1.165) is 55.1 Å². The first-order chi connectivity index (χ1) is 14.1. The van der Waals surface area contributed by atoms with Gasteiger partial charge >= 0.3 is 5.97 Å². The van der Waals surface area contributed by atoms with Crippen LogP contribution in [0, 0.1) is 5.92 Å². The summed E-state index contributed by atoms with van der Waals surface area (Å²) in [6.45, 7) is 2.60. The Morgan fingerprint density at radius 2 is 2.07 bits per heavy atom. The highest BCUT2D eigenvalue weighted by atomic mass is 16.4. The zero-order chi connectivity index (χ0) is 20.2. The van der Waals surface area contributed by atoms with Gasteiger partial charge in [0.2, 0.25) is 0 Å². The molecule has 0 spiro atoms. The standard InChI is InChI=1S/C22H25N5O2/c1-26-10-8-23-21(26)20-13-24-18(12-25-20)11-16-5-4-9-27(14-16)15-17-6-2-3-7-19(17)22(28)29/h2-3,6-8,10,12-13,16H,4-5,9,11,14-15H2,1H3,(H,28,29)/t16-/m0/s1. The first kappa shape index (κ1) is 19.3. The molecular weight excluding hydrogens is 366 g/mol. The number of carboxylic acid groups (broad SMARTS) is 1. The van der Waals surface area contributed by atoms with Gasteiger partial charge in [-0.05, 0) is 43.4 Å². The fourth-order valence-electron chi connectivity index (χ4n) is 4.05. The summed E-state index contributed by atoms with van der Waals surface area (Å²) in [5, 5.41) is 9.41. The molecule has 1 aliphatic heterocycles. The molecule has 4 rings (SSSR count). The van der Waals surface area contributed by atoms with E-state index in [1.807, 2.05) is 36.1 Å². The van der Waals surface area contributed by atoms with E-state index in [2.05, 4.69) is 19.9 Å². The van der Waals surface area contributed by atoms with Crippen molar-refractivity contribution in [1.29, 1.82) is 0 Å². The van der Waals surface area contributed by atoms with E-state index in [0.29, 0.717) is 18.0 Å². The van der Waals surface area contributed by atoms with Crippen LogP contribution in [0.3, 0.4) is 0 Å². The minimum absolute atomic E-state index is 0.394. The second-order valence-corrected chi connectivity index (χ2v) is 7.66. The number of imidazole rings is 1. The molecule has 1 N–H and O–H groups in total. The smallest absolute Gasteiger partial charge is 0.336 e. The third kappa shape index (κ3) is 4.51. The average Bonchev–Trinajstić information content (AvgIpc) is 3.15. The lowest BCUT2D eigenvalue weighted by Gasteiger charge is -2.33. The van der Waals surface area contributed by atoms with Crippen molar-refractivity contribution in [3.05, 3.63) is 65.9 Å². The molecule has 2 aromatic heterocycles. The van der Waals surface area contributed by atoms with Gasteiger partial charge in [0.1, 0.15) is 5.69 Å². The summed E-state index contributed by atoms with van der Waals surface area (Å²) >= 11 is 0. The van der Waals surface area contributed by atoms with Gasteiger partial charge in [0, 0.05) is 38.7 Å². The summed E-state index contributed by atoms with van der Waals surface area (Å²) in [7, 11) is 1.94. The number of carboxylic acids is 1. The lowest BCUT2D eigenvalue weighted by molar-refractivity contribution is 0.0693. The number of rotatable bonds is 6. The van der Waals surface area contributed by atoms with Gasteiger partial charge < -0.3 is 9.67 Å². The molecule has 0 saturated carbocycles. The van der Waals surface area contributed by atoms with Crippen LogP contribution in [0.4, 0.5) is 0 Å². The maximum atomic E-state index is 11.5. The highest BCUT2D eigenvalue weighted by Crippen LogP contribution is 2.23. The molecule has 0 radical (unpaired) electrons. The van der Waals surface area contributed by atoms with Gasteiger partial charge in [-0.25, -0.2) is 14.8 Å². The number of carbonyl (C=O) groups is 1. The van der Waals surface area contributed by atoms with Crippen molar-refractivity contribution >= 4 is 5.97 Å². The first-order valence-corrected chi connectivity index (χ1v) is 9.92. The Bertz CT molecular complexity index is 983. The van der Waals surface area contributed by atoms with Crippen molar-refractivity contribution in [1.82, 2.24) is 24.4 Å². The normalized spacial score (nSPS) is 17.3. The molecule has 1 aromatic carbocycles. The number of hydrogen-bond acceptors (Lipinski definition) is 5. The summed E-state index contributed by atoms with van der Waals surface area (Å²) in [5.41, 5.74) is 3.03. The predicted molar refractivity (Wildman–Crippen MR) is 109 cm³/mol. The fourth-order valence-corrected chi connectivity index (χ4v) is 4.05. The molecule has 0 unspecified atom stereocenters. The first-order valence-electron chi connectivity index (χ1n) is 9.92. The van der Waals surface area contributed by atoms with Crippen molar-refractivity contribution in [2.45, 2.75) is 25.8 Å². The molecule has 1 atom stereocenters. The van der Waals surface area contributed by atoms with Crippen LogP contribution in [0.1, 0.15) is 34.5 Å². The Balaban J connectivity index is 1.39. The summed E-state index contributed by atoms with van der Waals surface area (Å²) < 4.78 is 1.93. The topological polar surface area (TPSA) is 84.1 Å². The monoisotopic (exact) mass is 391 g/mol. The van der Waals surface area contributed by atoms with E-state index in [9.17, 15) is 9.90 Å². The zero-order valence-corrected chi connectivity index (χ0v) is 16.5. The Labute approximate surface area is 170 Å². The molecule has 7 heteroatoms. The third-order valence-electron chi connectivity index (χ3n) is 5.50. The van der Waals surface area contributed by atoms with Crippen LogP contribution >= 0.6 is 0 Å². The van der Waals surface area contributed by atoms with Gasteiger partial charge in [0.05, 0.1) is 17.5 Å². The summed E-state index contributed by atoms with van der Waals surface area (Å²) in [6.07, 6.45) is 10.4. The molecule has 150 valence electrons. The van der Waals surface area contributed by atoms with Gasteiger partial charge in [-0.15, -0.1) is 0 Å². The number of aryl methyl sites for hydroxylation is 1. The maximum absolute atomic E-state index is 11.5. The maximum Gasteiger partial charge on any atom is 0.336 e. The summed E-state index contributed by atoms with van der Waals surface area (Å²) in [4.78, 5) is 27.3. The fraction of sp³-hybridized carbons (Fsp3) is 0.364.